The molecule has 1 aliphatic rings. The van der Waals surface area contributed by atoms with Gasteiger partial charge in [-0.1, -0.05) is 55.5 Å². The molecule has 0 aliphatic carbocycles. The molecule has 1 heterocycles. The van der Waals surface area contributed by atoms with Crippen LogP contribution in [0.15, 0.2) is 54.6 Å². The van der Waals surface area contributed by atoms with E-state index in [0.717, 1.165) is 31.2 Å². The van der Waals surface area contributed by atoms with Gasteiger partial charge in [0.2, 0.25) is 0 Å². The lowest BCUT2D eigenvalue weighted by atomic mass is 10.0. The third-order valence-electron chi connectivity index (χ3n) is 4.77. The number of hydrogen-bond donors (Lipinski definition) is 2. The molecule has 1 atom stereocenters. The van der Waals surface area contributed by atoms with E-state index in [0.29, 0.717) is 0 Å². The van der Waals surface area contributed by atoms with Crippen LogP contribution in [0.1, 0.15) is 26.2 Å². The van der Waals surface area contributed by atoms with Gasteiger partial charge in [-0.3, -0.25) is 0 Å². The van der Waals surface area contributed by atoms with E-state index in [1.807, 2.05) is 12.1 Å². The van der Waals surface area contributed by atoms with Crippen LogP contribution in [0.25, 0.3) is 11.1 Å². The van der Waals surface area contributed by atoms with Crippen LogP contribution in [0.4, 0.5) is 0 Å². The minimum atomic E-state index is -1.82. The van der Waals surface area contributed by atoms with Crippen LogP contribution in [0.3, 0.4) is 0 Å². The van der Waals surface area contributed by atoms with Crippen LogP contribution in [-0.2, 0) is 9.59 Å². The zero-order valence-corrected chi connectivity index (χ0v) is 16.8. The molecular formula is C23H29NO5. The van der Waals surface area contributed by atoms with Crippen LogP contribution >= 0.6 is 0 Å². The van der Waals surface area contributed by atoms with E-state index in [1.165, 1.54) is 37.1 Å². The smallest absolute Gasteiger partial charge is 0.414 e. The Labute approximate surface area is 171 Å². The second kappa shape index (κ2) is 11.9. The fourth-order valence-corrected chi connectivity index (χ4v) is 3.41. The first kappa shape index (κ1) is 22.4. The number of carboxylic acid groups (broad SMARTS) is 2. The maximum absolute atomic E-state index is 9.10. The van der Waals surface area contributed by atoms with Gasteiger partial charge in [-0.05, 0) is 43.4 Å². The molecule has 29 heavy (non-hydrogen) atoms. The molecule has 2 aromatic rings. The van der Waals surface area contributed by atoms with Crippen molar-refractivity contribution in [3.63, 3.8) is 0 Å². The summed E-state index contributed by atoms with van der Waals surface area (Å²) in [6, 6.07) is 18.8. The number of carboxylic acids is 2. The number of benzene rings is 2. The highest BCUT2D eigenvalue weighted by atomic mass is 16.5. The van der Waals surface area contributed by atoms with Crippen molar-refractivity contribution in [1.82, 2.24) is 4.90 Å². The second-order valence-electron chi connectivity index (χ2n) is 7.22. The lowest BCUT2D eigenvalue weighted by Gasteiger charge is -2.30. The third kappa shape index (κ3) is 7.95. The summed E-state index contributed by atoms with van der Waals surface area (Å²) in [5.41, 5.74) is 2.40. The second-order valence-corrected chi connectivity index (χ2v) is 7.22. The van der Waals surface area contributed by atoms with Crippen LogP contribution in [0, 0.1) is 5.92 Å². The van der Waals surface area contributed by atoms with E-state index in [2.05, 4.69) is 54.3 Å². The maximum atomic E-state index is 9.10. The van der Waals surface area contributed by atoms with Gasteiger partial charge in [0.05, 0.1) is 6.61 Å². The number of likely N-dealkylation sites (tertiary alicyclic amines) is 1. The SMILES string of the molecule is CC1CCCN(CCCOc2ccccc2-c2ccccc2)C1.O=C(O)C(=O)O. The summed E-state index contributed by atoms with van der Waals surface area (Å²) in [7, 11) is 0. The molecule has 1 fully saturated rings. The van der Waals surface area contributed by atoms with Gasteiger partial charge in [0.15, 0.2) is 0 Å². The van der Waals surface area contributed by atoms with Crippen molar-refractivity contribution in [1.29, 1.82) is 0 Å². The van der Waals surface area contributed by atoms with Gasteiger partial charge >= 0.3 is 11.9 Å². The van der Waals surface area contributed by atoms with E-state index < -0.39 is 11.9 Å². The first-order valence-corrected chi connectivity index (χ1v) is 9.93. The summed E-state index contributed by atoms with van der Waals surface area (Å²) in [4.78, 5) is 20.8. The summed E-state index contributed by atoms with van der Waals surface area (Å²) in [6.07, 6.45) is 3.83. The van der Waals surface area contributed by atoms with E-state index in [9.17, 15) is 0 Å². The minimum Gasteiger partial charge on any atom is -0.493 e. The molecule has 0 bridgehead atoms. The number of carbonyl (C=O) groups is 2. The van der Waals surface area contributed by atoms with Gasteiger partial charge in [-0.2, -0.15) is 0 Å². The standard InChI is InChI=1S/C21H27NO.C2H2O4/c1-18-9-7-14-22(17-18)15-8-16-23-21-13-6-5-12-20(21)19-10-3-2-4-11-19;3-1(4)2(5)6/h2-6,10-13,18H,7-9,14-17H2,1H3;(H,3,4)(H,5,6). The number of rotatable bonds is 6. The molecule has 6 heteroatoms. The van der Waals surface area contributed by atoms with Crippen molar-refractivity contribution in [3.05, 3.63) is 54.6 Å². The van der Waals surface area contributed by atoms with Gasteiger partial charge in [0.1, 0.15) is 5.75 Å². The molecule has 156 valence electrons. The monoisotopic (exact) mass is 399 g/mol. The lowest BCUT2D eigenvalue weighted by Crippen LogP contribution is -2.35. The van der Waals surface area contributed by atoms with Crippen LogP contribution in [0.2, 0.25) is 0 Å². The van der Waals surface area contributed by atoms with Gasteiger partial charge in [0.25, 0.3) is 0 Å². The molecular weight excluding hydrogens is 370 g/mol. The van der Waals surface area contributed by atoms with Gasteiger partial charge < -0.3 is 19.8 Å². The maximum Gasteiger partial charge on any atom is 0.414 e. The normalized spacial score (nSPS) is 16.4. The number of nitrogens with zero attached hydrogens (tertiary/aromatic N) is 1. The fourth-order valence-electron chi connectivity index (χ4n) is 3.41. The predicted molar refractivity (Wildman–Crippen MR) is 112 cm³/mol. The van der Waals surface area contributed by atoms with Crippen molar-refractivity contribution in [2.75, 3.05) is 26.2 Å². The largest absolute Gasteiger partial charge is 0.493 e. The molecule has 0 radical (unpaired) electrons. The Morgan fingerprint density at radius 2 is 1.69 bits per heavy atom. The molecule has 2 aromatic carbocycles. The summed E-state index contributed by atoms with van der Waals surface area (Å²) >= 11 is 0. The first-order valence-electron chi connectivity index (χ1n) is 9.93. The molecule has 1 aliphatic heterocycles. The highest BCUT2D eigenvalue weighted by molar-refractivity contribution is 6.27. The van der Waals surface area contributed by atoms with Crippen molar-refractivity contribution in [2.45, 2.75) is 26.2 Å². The highest BCUT2D eigenvalue weighted by Gasteiger charge is 2.15. The Hall–Kier alpha value is -2.86. The van der Waals surface area contributed by atoms with E-state index in [4.69, 9.17) is 24.5 Å². The molecule has 6 nitrogen and oxygen atoms in total. The number of aliphatic carboxylic acids is 2. The van der Waals surface area contributed by atoms with Crippen LogP contribution in [-0.4, -0.2) is 53.3 Å². The number of para-hydroxylation sites is 1. The number of piperidine rings is 1. The predicted octanol–water partition coefficient (Wildman–Crippen LogP) is 4.01. The molecule has 3 rings (SSSR count). The Kier molecular flexibility index (Phi) is 9.18. The fraction of sp³-hybridized carbons (Fsp3) is 0.391. The summed E-state index contributed by atoms with van der Waals surface area (Å²) < 4.78 is 6.08. The average Bonchev–Trinajstić information content (AvgIpc) is 2.73. The minimum absolute atomic E-state index is 0.786. The van der Waals surface area contributed by atoms with Crippen molar-refractivity contribution >= 4 is 11.9 Å². The summed E-state index contributed by atoms with van der Waals surface area (Å²) in [5.74, 6) is -1.81. The van der Waals surface area contributed by atoms with E-state index >= 15 is 0 Å². The Bertz CT molecular complexity index is 766. The van der Waals surface area contributed by atoms with Gasteiger partial charge in [-0.15, -0.1) is 0 Å². The average molecular weight is 399 g/mol. The highest BCUT2D eigenvalue weighted by Crippen LogP contribution is 2.29. The Morgan fingerprint density at radius 3 is 2.34 bits per heavy atom. The zero-order valence-electron chi connectivity index (χ0n) is 16.8. The van der Waals surface area contributed by atoms with Crippen molar-refractivity contribution in [2.24, 2.45) is 5.92 Å². The first-order chi connectivity index (χ1) is 14.0. The molecule has 0 saturated carbocycles. The number of hydrogen-bond acceptors (Lipinski definition) is 4. The van der Waals surface area contributed by atoms with Crippen molar-refractivity contribution in [3.8, 4) is 16.9 Å². The van der Waals surface area contributed by atoms with Gasteiger partial charge in [0, 0.05) is 18.7 Å². The molecule has 2 N–H and O–H groups in total. The molecule has 1 unspecified atom stereocenters. The zero-order chi connectivity index (χ0) is 21.1. The van der Waals surface area contributed by atoms with Crippen molar-refractivity contribution < 1.29 is 24.5 Å². The molecule has 0 amide bonds. The summed E-state index contributed by atoms with van der Waals surface area (Å²) in [5, 5.41) is 14.8. The molecule has 0 aromatic heterocycles. The Morgan fingerprint density at radius 1 is 1.03 bits per heavy atom. The van der Waals surface area contributed by atoms with Crippen LogP contribution < -0.4 is 4.74 Å². The quantitative estimate of drug-likeness (QED) is 0.564. The molecule has 1 saturated heterocycles. The van der Waals surface area contributed by atoms with Crippen LogP contribution in [0.5, 0.6) is 5.75 Å². The third-order valence-corrected chi connectivity index (χ3v) is 4.77. The van der Waals surface area contributed by atoms with E-state index in [1.54, 1.807) is 0 Å². The lowest BCUT2D eigenvalue weighted by molar-refractivity contribution is -0.159. The van der Waals surface area contributed by atoms with E-state index in [-0.39, 0.29) is 0 Å². The Balaban J connectivity index is 0.000000438. The van der Waals surface area contributed by atoms with Gasteiger partial charge in [-0.25, -0.2) is 9.59 Å². The summed E-state index contributed by atoms with van der Waals surface area (Å²) in [6.45, 7) is 6.80. The topological polar surface area (TPSA) is 87.1 Å². The number of ether oxygens (including phenoxy) is 1. The molecule has 0 spiro atoms.